The third kappa shape index (κ3) is 9.10. The maximum atomic E-state index is 12.9. The molecule has 0 spiro atoms. The highest BCUT2D eigenvalue weighted by molar-refractivity contribution is 6.02. The van der Waals surface area contributed by atoms with E-state index in [-0.39, 0.29) is 43.5 Å². The fourth-order valence-electron chi connectivity index (χ4n) is 4.39. The number of carboxylic acid groups (broad SMARTS) is 1. The molecule has 41 heavy (non-hydrogen) atoms. The Bertz CT molecular complexity index is 1410. The van der Waals surface area contributed by atoms with Gasteiger partial charge in [0.1, 0.15) is 5.75 Å². The van der Waals surface area contributed by atoms with Crippen LogP contribution in [-0.2, 0) is 20.8 Å². The predicted octanol–water partition coefficient (Wildman–Crippen LogP) is 4.94. The van der Waals surface area contributed by atoms with Crippen molar-refractivity contribution in [3.63, 3.8) is 0 Å². The van der Waals surface area contributed by atoms with E-state index in [0.717, 1.165) is 22.4 Å². The van der Waals surface area contributed by atoms with Crippen molar-refractivity contribution < 1.29 is 29.0 Å². The Balaban J connectivity index is 1.61. The smallest absolute Gasteiger partial charge is 0.326 e. The molecule has 0 bridgehead atoms. The van der Waals surface area contributed by atoms with Crippen LogP contribution in [0.3, 0.4) is 0 Å². The van der Waals surface area contributed by atoms with E-state index in [1.54, 1.807) is 49.5 Å². The van der Waals surface area contributed by atoms with Gasteiger partial charge >= 0.3 is 12.0 Å². The summed E-state index contributed by atoms with van der Waals surface area (Å²) in [7, 11) is 3.19. The van der Waals surface area contributed by atoms with Crippen LogP contribution in [0.15, 0.2) is 66.7 Å². The van der Waals surface area contributed by atoms with Crippen molar-refractivity contribution in [3.05, 3.63) is 83.4 Å². The largest absolute Gasteiger partial charge is 0.495 e. The Kier molecular flexibility index (Phi) is 10.9. The lowest BCUT2D eigenvalue weighted by Crippen LogP contribution is -2.31. The fraction of sp³-hybridized carbons (Fsp3) is 0.290. The molecule has 1 atom stereocenters. The van der Waals surface area contributed by atoms with E-state index in [9.17, 15) is 19.2 Å². The number of Topliss-reactive ketones (excluding diaryl/α,β-unsaturated/α-hetero) is 1. The number of carboxylic acids is 1. The number of amides is 3. The molecule has 3 aromatic rings. The number of ether oxygens (including phenoxy) is 1. The number of benzene rings is 3. The van der Waals surface area contributed by atoms with Crippen molar-refractivity contribution in [1.82, 2.24) is 5.32 Å². The van der Waals surface area contributed by atoms with Crippen molar-refractivity contribution >= 4 is 40.8 Å². The first-order valence-corrected chi connectivity index (χ1v) is 13.2. The van der Waals surface area contributed by atoms with E-state index in [4.69, 9.17) is 9.84 Å². The number of anilines is 3. The molecule has 10 nitrogen and oxygen atoms in total. The van der Waals surface area contributed by atoms with E-state index < -0.39 is 12.0 Å². The monoisotopic (exact) mass is 560 g/mol. The Labute approximate surface area is 239 Å². The zero-order valence-corrected chi connectivity index (χ0v) is 23.7. The molecule has 4 N–H and O–H groups in total. The molecule has 0 aliphatic rings. The van der Waals surface area contributed by atoms with E-state index in [0.29, 0.717) is 17.1 Å². The Morgan fingerprint density at radius 3 is 2.44 bits per heavy atom. The standard InChI is InChI=1S/C31H36N4O6/c1-20-8-5-6-11-28(20)35(3)31(40)34-27-13-12-22(17-29(27)41-4)16-25(37)19-32-24-10-7-9-23(18-24)26(33-21(2)36)14-15-30(38)39/h5-13,17-18,26,32H,14-16,19H2,1-4H3,(H,33,36)(H,34,40)(H,38,39). The zero-order valence-electron chi connectivity index (χ0n) is 23.7. The molecule has 3 aromatic carbocycles. The molecule has 0 aliphatic carbocycles. The molecule has 3 amide bonds. The number of rotatable bonds is 13. The summed E-state index contributed by atoms with van der Waals surface area (Å²) in [5, 5.41) is 17.8. The number of nitrogens with zero attached hydrogens (tertiary/aromatic N) is 1. The first-order chi connectivity index (χ1) is 19.6. The maximum absolute atomic E-state index is 12.9. The second-order valence-corrected chi connectivity index (χ2v) is 9.69. The van der Waals surface area contributed by atoms with Crippen LogP contribution < -0.4 is 25.6 Å². The van der Waals surface area contributed by atoms with Gasteiger partial charge in [0.05, 0.1) is 25.4 Å². The summed E-state index contributed by atoms with van der Waals surface area (Å²) in [5.74, 6) is -0.833. The predicted molar refractivity (Wildman–Crippen MR) is 159 cm³/mol. The number of urea groups is 1. The minimum atomic E-state index is -0.943. The summed E-state index contributed by atoms with van der Waals surface area (Å²) in [6.07, 6.45) is 0.307. The number of aliphatic carboxylic acids is 1. The van der Waals surface area contributed by atoms with E-state index in [1.165, 1.54) is 18.9 Å². The molecule has 0 fully saturated rings. The molecule has 0 saturated carbocycles. The van der Waals surface area contributed by atoms with Gasteiger partial charge in [-0.3, -0.25) is 19.3 Å². The molecule has 216 valence electrons. The van der Waals surface area contributed by atoms with Gasteiger partial charge in [-0.25, -0.2) is 4.79 Å². The minimum absolute atomic E-state index is 0.0609. The Morgan fingerprint density at radius 1 is 1.00 bits per heavy atom. The van der Waals surface area contributed by atoms with Gasteiger partial charge in [0, 0.05) is 38.2 Å². The van der Waals surface area contributed by atoms with Crippen molar-refractivity contribution in [1.29, 1.82) is 0 Å². The van der Waals surface area contributed by atoms with E-state index >= 15 is 0 Å². The third-order valence-corrected chi connectivity index (χ3v) is 6.49. The van der Waals surface area contributed by atoms with Gasteiger partial charge < -0.3 is 25.8 Å². The van der Waals surface area contributed by atoms with E-state index in [2.05, 4.69) is 16.0 Å². The summed E-state index contributed by atoms with van der Waals surface area (Å²) in [6, 6.07) is 19.2. The summed E-state index contributed by atoms with van der Waals surface area (Å²) >= 11 is 0. The van der Waals surface area contributed by atoms with Crippen LogP contribution >= 0.6 is 0 Å². The molecule has 10 heteroatoms. The highest BCUT2D eigenvalue weighted by atomic mass is 16.5. The van der Waals surface area contributed by atoms with Crippen molar-refractivity contribution in [2.75, 3.05) is 36.2 Å². The highest BCUT2D eigenvalue weighted by Gasteiger charge is 2.17. The number of nitrogens with one attached hydrogen (secondary N) is 3. The first kappa shape index (κ1) is 30.7. The number of hydrogen-bond donors (Lipinski definition) is 4. The topological polar surface area (TPSA) is 137 Å². The van der Waals surface area contributed by atoms with Crippen LogP contribution in [0.4, 0.5) is 21.9 Å². The van der Waals surface area contributed by atoms with Gasteiger partial charge in [-0.2, -0.15) is 0 Å². The molecule has 3 rings (SSSR count). The fourth-order valence-corrected chi connectivity index (χ4v) is 4.39. The SMILES string of the molecule is COc1cc(CC(=O)CNc2cccc(C(CCC(=O)O)NC(C)=O)c2)ccc1NC(=O)N(C)c1ccccc1C. The van der Waals surface area contributed by atoms with Crippen molar-refractivity contribution in [3.8, 4) is 5.75 Å². The average Bonchev–Trinajstić information content (AvgIpc) is 2.94. The van der Waals surface area contributed by atoms with Crippen LogP contribution in [0.25, 0.3) is 0 Å². The maximum Gasteiger partial charge on any atom is 0.326 e. The Hall–Kier alpha value is -4.86. The number of hydrogen-bond acceptors (Lipinski definition) is 6. The lowest BCUT2D eigenvalue weighted by atomic mass is 10.0. The molecule has 0 aromatic heterocycles. The summed E-state index contributed by atoms with van der Waals surface area (Å²) < 4.78 is 5.48. The molecule has 0 aliphatic heterocycles. The molecule has 1 unspecified atom stereocenters. The number of para-hydroxylation sites is 1. The molecule has 0 saturated heterocycles. The normalized spacial score (nSPS) is 11.2. The van der Waals surface area contributed by atoms with E-state index in [1.807, 2.05) is 31.2 Å². The minimum Gasteiger partial charge on any atom is -0.495 e. The van der Waals surface area contributed by atoms with Crippen LogP contribution in [-0.4, -0.2) is 49.5 Å². The number of aryl methyl sites for hydroxylation is 1. The zero-order chi connectivity index (χ0) is 29.9. The first-order valence-electron chi connectivity index (χ1n) is 13.2. The Morgan fingerprint density at radius 2 is 1.76 bits per heavy atom. The average molecular weight is 561 g/mol. The number of ketones is 1. The van der Waals surface area contributed by atoms with Crippen LogP contribution in [0.1, 0.15) is 42.5 Å². The second kappa shape index (κ2) is 14.5. The molecule has 0 heterocycles. The van der Waals surface area contributed by atoms with Gasteiger partial charge in [0.25, 0.3) is 0 Å². The number of carbonyl (C=O) groups excluding carboxylic acids is 3. The van der Waals surface area contributed by atoms with Gasteiger partial charge in [-0.05, 0) is 60.4 Å². The quantitative estimate of drug-likeness (QED) is 0.232. The summed E-state index contributed by atoms with van der Waals surface area (Å²) in [5.41, 5.74) is 4.39. The van der Waals surface area contributed by atoms with Crippen LogP contribution in [0.5, 0.6) is 5.75 Å². The number of methoxy groups -OCH3 is 1. The van der Waals surface area contributed by atoms with Crippen LogP contribution in [0.2, 0.25) is 0 Å². The van der Waals surface area contributed by atoms with Gasteiger partial charge in [0.15, 0.2) is 5.78 Å². The van der Waals surface area contributed by atoms with Crippen LogP contribution in [0, 0.1) is 6.92 Å². The lowest BCUT2D eigenvalue weighted by Gasteiger charge is -2.21. The molecular weight excluding hydrogens is 524 g/mol. The van der Waals surface area contributed by atoms with Crippen molar-refractivity contribution in [2.24, 2.45) is 0 Å². The number of carbonyl (C=O) groups is 4. The van der Waals surface area contributed by atoms with Crippen molar-refractivity contribution in [2.45, 2.75) is 39.2 Å². The highest BCUT2D eigenvalue weighted by Crippen LogP contribution is 2.28. The lowest BCUT2D eigenvalue weighted by molar-refractivity contribution is -0.137. The summed E-state index contributed by atoms with van der Waals surface area (Å²) in [4.78, 5) is 49.8. The van der Waals surface area contributed by atoms with Gasteiger partial charge in [-0.1, -0.05) is 36.4 Å². The summed E-state index contributed by atoms with van der Waals surface area (Å²) in [6.45, 7) is 3.38. The third-order valence-electron chi connectivity index (χ3n) is 6.49. The molecular formula is C31H36N4O6. The molecule has 0 radical (unpaired) electrons. The second-order valence-electron chi connectivity index (χ2n) is 9.69. The van der Waals surface area contributed by atoms with Gasteiger partial charge in [0.2, 0.25) is 5.91 Å². The van der Waals surface area contributed by atoms with Gasteiger partial charge in [-0.15, -0.1) is 0 Å².